The Morgan fingerprint density at radius 1 is 0.132 bits per heavy atom. The van der Waals surface area contributed by atoms with E-state index in [4.69, 9.17) is 0 Å². The molecular weight excluding hydrogens is 913 g/mol. The first-order valence-corrected chi connectivity index (χ1v) is 26.8. The third-order valence-corrected chi connectivity index (χ3v) is 18.2. The van der Waals surface area contributed by atoms with Gasteiger partial charge in [-0.1, -0.05) is 237 Å². The molecule has 0 bridgehead atoms. The highest BCUT2D eigenvalue weighted by molar-refractivity contribution is 6.55. The van der Waals surface area contributed by atoms with E-state index in [1.54, 1.807) is 0 Å². The molecule has 0 amide bonds. The molecule has 18 aromatic carbocycles. The fraction of sp³-hybridized carbons (Fsp3) is 0. The number of hydrogen-bond donors (Lipinski definition) is 0. The van der Waals surface area contributed by atoms with Crippen molar-refractivity contribution >= 4 is 129 Å². The first-order valence-electron chi connectivity index (χ1n) is 26.8. The fourth-order valence-corrected chi connectivity index (χ4v) is 15.4. The van der Waals surface area contributed by atoms with E-state index in [0.29, 0.717) is 0 Å². The molecule has 0 aromatic heterocycles. The Balaban J connectivity index is 1.01. The highest BCUT2D eigenvalue weighted by atomic mass is 14.3. The maximum atomic E-state index is 2.61. The van der Waals surface area contributed by atoms with Crippen LogP contribution in [0.1, 0.15) is 0 Å². The van der Waals surface area contributed by atoms with Crippen molar-refractivity contribution in [3.05, 3.63) is 243 Å². The van der Waals surface area contributed by atoms with Crippen molar-refractivity contribution in [2.45, 2.75) is 0 Å². The van der Waals surface area contributed by atoms with Gasteiger partial charge >= 0.3 is 0 Å². The third kappa shape index (κ3) is 4.70. The second-order valence-corrected chi connectivity index (χ2v) is 21.5. The topological polar surface area (TPSA) is 0 Å². The van der Waals surface area contributed by atoms with Crippen LogP contribution in [0.5, 0.6) is 0 Å². The van der Waals surface area contributed by atoms with E-state index in [0.717, 1.165) is 0 Å². The minimum Gasteiger partial charge on any atom is -0.0622 e. The van der Waals surface area contributed by atoms with Crippen LogP contribution in [0.25, 0.3) is 196 Å². The first kappa shape index (κ1) is 39.6. The van der Waals surface area contributed by atoms with E-state index in [-0.39, 0.29) is 0 Å². The summed E-state index contributed by atoms with van der Waals surface area (Å²) in [5.41, 5.74) is 15.4. The summed E-state index contributed by atoms with van der Waals surface area (Å²) in [6.45, 7) is 0. The zero-order valence-electron chi connectivity index (χ0n) is 41.1. The summed E-state index contributed by atoms with van der Waals surface area (Å²) in [6, 6.07) is 92.4. The van der Waals surface area contributed by atoms with Gasteiger partial charge in [-0.25, -0.2) is 0 Å². The van der Waals surface area contributed by atoms with Crippen molar-refractivity contribution in [1.29, 1.82) is 0 Å². The van der Waals surface area contributed by atoms with Crippen LogP contribution in [0.15, 0.2) is 243 Å². The Morgan fingerprint density at radius 3 is 1.11 bits per heavy atom. The largest absolute Gasteiger partial charge is 0.0622 e. The van der Waals surface area contributed by atoms with Crippen LogP contribution in [0.2, 0.25) is 0 Å². The van der Waals surface area contributed by atoms with E-state index >= 15 is 0 Å². The highest BCUT2D eigenvalue weighted by Gasteiger charge is 2.31. The molecule has 0 saturated carbocycles. The Hall–Kier alpha value is -9.88. The van der Waals surface area contributed by atoms with Gasteiger partial charge in [-0.15, -0.1) is 0 Å². The Labute approximate surface area is 436 Å². The van der Waals surface area contributed by atoms with E-state index in [1.807, 2.05) is 0 Å². The van der Waals surface area contributed by atoms with Crippen LogP contribution in [0.3, 0.4) is 0 Å². The van der Waals surface area contributed by atoms with Gasteiger partial charge in [-0.05, 0) is 202 Å². The Morgan fingerprint density at radius 2 is 0.474 bits per heavy atom. The van der Waals surface area contributed by atoms with Crippen molar-refractivity contribution in [2.24, 2.45) is 0 Å². The molecule has 76 heavy (non-hydrogen) atoms. The molecule has 0 unspecified atom stereocenters. The lowest BCUT2D eigenvalue weighted by molar-refractivity contribution is 1.60. The molecule has 0 heterocycles. The van der Waals surface area contributed by atoms with Crippen LogP contribution >= 0.6 is 0 Å². The van der Waals surface area contributed by atoms with E-state index < -0.39 is 0 Å². The zero-order chi connectivity index (χ0) is 49.1. The average molecular weight is 953 g/mol. The molecule has 0 fully saturated rings. The normalized spacial score (nSPS) is 12.7. The van der Waals surface area contributed by atoms with Crippen molar-refractivity contribution in [3.8, 4) is 66.8 Å². The number of fused-ring (bicyclic) bond motifs is 16. The van der Waals surface area contributed by atoms with Gasteiger partial charge in [-0.2, -0.15) is 0 Å². The molecule has 344 valence electrons. The van der Waals surface area contributed by atoms with E-state index in [2.05, 4.69) is 243 Å². The molecule has 0 nitrogen and oxygen atoms in total. The summed E-state index contributed by atoms with van der Waals surface area (Å²) in [4.78, 5) is 0. The molecule has 0 aliphatic heterocycles. The van der Waals surface area contributed by atoms with Gasteiger partial charge in [0.15, 0.2) is 0 Å². The molecule has 1 aliphatic rings. The second kappa shape index (κ2) is 14.0. The van der Waals surface area contributed by atoms with Crippen molar-refractivity contribution < 1.29 is 0 Å². The molecule has 19 rings (SSSR count). The lowest BCUT2D eigenvalue weighted by Gasteiger charge is -2.17. The van der Waals surface area contributed by atoms with Gasteiger partial charge in [0, 0.05) is 0 Å². The number of rotatable bonds is 4. The average Bonchev–Trinajstić information content (AvgIpc) is 4.34. The maximum Gasteiger partial charge on any atom is -0.000674 e. The highest BCUT2D eigenvalue weighted by Crippen LogP contribution is 2.60. The number of hydrogen-bond acceptors (Lipinski definition) is 0. The Kier molecular flexibility index (Phi) is 7.32. The van der Waals surface area contributed by atoms with Gasteiger partial charge in [0.1, 0.15) is 0 Å². The first-order chi connectivity index (χ1) is 37.8. The predicted octanol–water partition coefficient (Wildman–Crippen LogP) is 21.6. The number of benzene rings is 15. The summed E-state index contributed by atoms with van der Waals surface area (Å²) >= 11 is 0. The van der Waals surface area contributed by atoms with Crippen molar-refractivity contribution in [3.63, 3.8) is 0 Å². The second-order valence-electron chi connectivity index (χ2n) is 21.5. The molecule has 0 N–H and O–H groups in total. The molecule has 1 aliphatic carbocycles. The fourth-order valence-electron chi connectivity index (χ4n) is 15.4. The molecule has 0 spiro atoms. The van der Waals surface area contributed by atoms with Crippen LogP contribution < -0.4 is 0 Å². The molecule has 0 atom stereocenters. The van der Waals surface area contributed by atoms with Gasteiger partial charge < -0.3 is 0 Å². The lowest BCUT2D eigenvalue weighted by atomic mass is 9.85. The minimum absolute atomic E-state index is 1.22. The maximum absolute atomic E-state index is 2.61. The van der Waals surface area contributed by atoms with Gasteiger partial charge in [0.05, 0.1) is 0 Å². The van der Waals surface area contributed by atoms with Crippen LogP contribution in [0, 0.1) is 0 Å². The lowest BCUT2D eigenvalue weighted by Crippen LogP contribution is -1.89. The van der Waals surface area contributed by atoms with Crippen LogP contribution in [-0.4, -0.2) is 0 Å². The van der Waals surface area contributed by atoms with Crippen LogP contribution in [-0.2, 0) is 0 Å². The van der Waals surface area contributed by atoms with Gasteiger partial charge in [0.2, 0.25) is 0 Å². The van der Waals surface area contributed by atoms with E-state index in [1.165, 1.54) is 196 Å². The summed E-state index contributed by atoms with van der Waals surface area (Å²) < 4.78 is 0. The summed E-state index contributed by atoms with van der Waals surface area (Å²) in [5.74, 6) is 0. The smallest absolute Gasteiger partial charge is 0.000674 e. The monoisotopic (exact) mass is 952 g/mol. The van der Waals surface area contributed by atoms with E-state index in [9.17, 15) is 0 Å². The minimum atomic E-state index is 1.22. The van der Waals surface area contributed by atoms with Crippen molar-refractivity contribution in [1.82, 2.24) is 0 Å². The van der Waals surface area contributed by atoms with Crippen LogP contribution in [0.4, 0.5) is 0 Å². The quantitative estimate of drug-likeness (QED) is 0.122. The SMILES string of the molecule is c1ccc(-c2ccccc2-c2ccc3c4c2cccc4c2cc4c(-c5ccccc5-c5ccccc5)c5c6ccc7c8ccc9c%10c(ccc(c%11ccc(c6c7%11)c5c5c6ccccc6c(c23)c45)c%108)-c2ccccc2-9)cc1. The molecule has 0 radical (unpaired) electrons. The van der Waals surface area contributed by atoms with Gasteiger partial charge in [0.25, 0.3) is 0 Å². The molecule has 0 heteroatoms. The van der Waals surface area contributed by atoms with Crippen molar-refractivity contribution in [2.75, 3.05) is 0 Å². The standard InChI is InChI=1S/C76H40/c1-3-16-41(17-4-1)43-20-7-9-22-45(43)48-30-37-60-65-50(48)28-15-29-53(65)63-40-64-69(49-25-12-8-21-44(49)42-18-5-2-6-19-42)74-61-38-35-58-56-33-31-54-46-23-10-11-24-47(46)55-32-34-57(67(56)66(54)55)59-36-39-62(70(61)68(58)59)75(74)73-52-27-14-13-26-51(52)72(71(60)63)76(64)73/h1-40H. The Bertz CT molecular complexity index is 5470. The molecule has 18 aromatic rings. The molecule has 0 saturated heterocycles. The third-order valence-electron chi connectivity index (χ3n) is 18.2. The summed E-state index contributed by atoms with van der Waals surface area (Å²) in [5, 5.41) is 32.2. The summed E-state index contributed by atoms with van der Waals surface area (Å²) in [6.07, 6.45) is 0. The summed E-state index contributed by atoms with van der Waals surface area (Å²) in [7, 11) is 0. The predicted molar refractivity (Wildman–Crippen MR) is 327 cm³/mol. The molecular formula is C76H40. The van der Waals surface area contributed by atoms with Gasteiger partial charge in [-0.3, -0.25) is 0 Å². The zero-order valence-corrected chi connectivity index (χ0v) is 41.1.